The third-order valence-electron chi connectivity index (χ3n) is 4.79. The number of aromatic nitrogens is 1. The van der Waals surface area contributed by atoms with Gasteiger partial charge in [0, 0.05) is 32.9 Å². The van der Waals surface area contributed by atoms with Crippen molar-refractivity contribution in [2.45, 2.75) is 38.2 Å². The fourth-order valence-corrected chi connectivity index (χ4v) is 3.19. The molecule has 0 radical (unpaired) electrons. The zero-order valence-corrected chi connectivity index (χ0v) is 13.2. The SMILES string of the molecule is Cn1cccc(C(=O)N(CC2CCC2)CC2CCCO2)c1=O. The van der Waals surface area contributed by atoms with Gasteiger partial charge in [-0.15, -0.1) is 0 Å². The number of pyridine rings is 1. The number of carbonyl (C=O) groups excluding carboxylic acids is 1. The summed E-state index contributed by atoms with van der Waals surface area (Å²) in [5, 5.41) is 0. The maximum absolute atomic E-state index is 12.8. The van der Waals surface area contributed by atoms with Crippen molar-refractivity contribution in [3.63, 3.8) is 0 Å². The Labute approximate surface area is 130 Å². The van der Waals surface area contributed by atoms with Crippen LogP contribution in [0.25, 0.3) is 0 Å². The van der Waals surface area contributed by atoms with E-state index in [4.69, 9.17) is 4.74 Å². The molecule has 1 saturated carbocycles. The molecular formula is C17H24N2O3. The van der Waals surface area contributed by atoms with Gasteiger partial charge in [0.15, 0.2) is 0 Å². The molecule has 3 rings (SSSR count). The molecule has 0 bridgehead atoms. The number of ether oxygens (including phenoxy) is 1. The molecule has 1 saturated heterocycles. The highest BCUT2D eigenvalue weighted by molar-refractivity contribution is 5.93. The smallest absolute Gasteiger partial charge is 0.263 e. The summed E-state index contributed by atoms with van der Waals surface area (Å²) in [5.41, 5.74) is 0.0424. The van der Waals surface area contributed by atoms with E-state index in [2.05, 4.69) is 0 Å². The molecule has 0 N–H and O–H groups in total. The fraction of sp³-hybridized carbons (Fsp3) is 0.647. The minimum Gasteiger partial charge on any atom is -0.376 e. The van der Waals surface area contributed by atoms with E-state index in [0.29, 0.717) is 12.5 Å². The van der Waals surface area contributed by atoms with Crippen LogP contribution in [-0.4, -0.2) is 41.2 Å². The van der Waals surface area contributed by atoms with Crippen LogP contribution in [0, 0.1) is 5.92 Å². The van der Waals surface area contributed by atoms with Crippen LogP contribution in [0.4, 0.5) is 0 Å². The van der Waals surface area contributed by atoms with Crippen LogP contribution in [0.5, 0.6) is 0 Å². The lowest BCUT2D eigenvalue weighted by Gasteiger charge is -2.33. The molecule has 5 heteroatoms. The van der Waals surface area contributed by atoms with Gasteiger partial charge in [0.2, 0.25) is 0 Å². The van der Waals surface area contributed by atoms with Crippen LogP contribution in [0.1, 0.15) is 42.5 Å². The monoisotopic (exact) mass is 304 g/mol. The van der Waals surface area contributed by atoms with Gasteiger partial charge in [0.25, 0.3) is 11.5 Å². The molecule has 1 aliphatic heterocycles. The zero-order chi connectivity index (χ0) is 15.5. The Balaban J connectivity index is 1.78. The quantitative estimate of drug-likeness (QED) is 0.833. The summed E-state index contributed by atoms with van der Waals surface area (Å²) in [4.78, 5) is 26.9. The molecule has 22 heavy (non-hydrogen) atoms. The van der Waals surface area contributed by atoms with E-state index in [1.807, 2.05) is 4.90 Å². The third kappa shape index (κ3) is 3.24. The molecule has 2 fully saturated rings. The normalized spacial score (nSPS) is 21.6. The first-order valence-electron chi connectivity index (χ1n) is 8.21. The van der Waals surface area contributed by atoms with E-state index in [1.165, 1.54) is 23.8 Å². The van der Waals surface area contributed by atoms with Gasteiger partial charge in [-0.1, -0.05) is 6.42 Å². The molecule has 1 atom stereocenters. The Morgan fingerprint density at radius 3 is 2.77 bits per heavy atom. The van der Waals surface area contributed by atoms with Gasteiger partial charge in [0.1, 0.15) is 5.56 Å². The second-order valence-corrected chi connectivity index (χ2v) is 6.48. The van der Waals surface area contributed by atoms with E-state index >= 15 is 0 Å². The van der Waals surface area contributed by atoms with Gasteiger partial charge in [-0.3, -0.25) is 9.59 Å². The number of rotatable bonds is 5. The van der Waals surface area contributed by atoms with Gasteiger partial charge in [-0.25, -0.2) is 0 Å². The number of hydrogen-bond acceptors (Lipinski definition) is 3. The van der Waals surface area contributed by atoms with E-state index < -0.39 is 0 Å². The van der Waals surface area contributed by atoms with Crippen molar-refractivity contribution in [2.24, 2.45) is 13.0 Å². The number of nitrogens with zero attached hydrogens (tertiary/aromatic N) is 2. The first-order valence-corrected chi connectivity index (χ1v) is 8.21. The van der Waals surface area contributed by atoms with Crippen LogP contribution in [0.15, 0.2) is 23.1 Å². The van der Waals surface area contributed by atoms with E-state index in [0.717, 1.165) is 26.0 Å². The van der Waals surface area contributed by atoms with Crippen molar-refractivity contribution in [3.05, 3.63) is 34.2 Å². The highest BCUT2D eigenvalue weighted by Crippen LogP contribution is 2.28. The second kappa shape index (κ2) is 6.65. The fourth-order valence-electron chi connectivity index (χ4n) is 3.19. The van der Waals surface area contributed by atoms with Gasteiger partial charge >= 0.3 is 0 Å². The van der Waals surface area contributed by atoms with Crippen molar-refractivity contribution in [1.29, 1.82) is 0 Å². The van der Waals surface area contributed by atoms with Crippen molar-refractivity contribution in [3.8, 4) is 0 Å². The average molecular weight is 304 g/mol. The Bertz CT molecular complexity index is 586. The summed E-state index contributed by atoms with van der Waals surface area (Å²) in [6, 6.07) is 3.39. The maximum atomic E-state index is 12.8. The Hall–Kier alpha value is -1.62. The number of aryl methyl sites for hydroxylation is 1. The molecular weight excluding hydrogens is 280 g/mol. The lowest BCUT2D eigenvalue weighted by Crippen LogP contribution is -2.43. The molecule has 1 aromatic rings. The summed E-state index contributed by atoms with van der Waals surface area (Å²) in [6.45, 7) is 2.13. The maximum Gasteiger partial charge on any atom is 0.263 e. The molecule has 1 unspecified atom stereocenters. The van der Waals surface area contributed by atoms with E-state index in [-0.39, 0.29) is 23.1 Å². The summed E-state index contributed by atoms with van der Waals surface area (Å²) >= 11 is 0. The lowest BCUT2D eigenvalue weighted by atomic mass is 9.85. The molecule has 0 spiro atoms. The standard InChI is InChI=1S/C17H24N2O3/c1-18-9-3-8-15(16(18)20)17(21)19(11-13-5-2-6-13)12-14-7-4-10-22-14/h3,8-9,13-14H,2,4-7,10-12H2,1H3. The Morgan fingerprint density at radius 1 is 1.32 bits per heavy atom. The van der Waals surface area contributed by atoms with Gasteiger partial charge < -0.3 is 14.2 Å². The Kier molecular flexibility index (Phi) is 4.62. The second-order valence-electron chi connectivity index (χ2n) is 6.48. The summed E-state index contributed by atoms with van der Waals surface area (Å²) in [7, 11) is 1.68. The predicted octanol–water partition coefficient (Wildman–Crippen LogP) is 1.81. The molecule has 1 aromatic heterocycles. The highest BCUT2D eigenvalue weighted by atomic mass is 16.5. The number of carbonyl (C=O) groups is 1. The number of amides is 1. The van der Waals surface area contributed by atoms with Gasteiger partial charge in [-0.2, -0.15) is 0 Å². The predicted molar refractivity (Wildman–Crippen MR) is 83.9 cm³/mol. The minimum atomic E-state index is -0.224. The van der Waals surface area contributed by atoms with E-state index in [9.17, 15) is 9.59 Å². The van der Waals surface area contributed by atoms with Crippen molar-refractivity contribution in [2.75, 3.05) is 19.7 Å². The van der Waals surface area contributed by atoms with Crippen molar-refractivity contribution >= 4 is 5.91 Å². The largest absolute Gasteiger partial charge is 0.376 e. The summed E-state index contributed by atoms with van der Waals surface area (Å²) in [6.07, 6.45) is 7.47. The molecule has 1 aliphatic carbocycles. The summed E-state index contributed by atoms with van der Waals surface area (Å²) < 4.78 is 7.14. The molecule has 5 nitrogen and oxygen atoms in total. The van der Waals surface area contributed by atoms with Crippen molar-refractivity contribution in [1.82, 2.24) is 9.47 Å². The molecule has 0 aromatic carbocycles. The lowest BCUT2D eigenvalue weighted by molar-refractivity contribution is 0.0446. The number of hydrogen-bond donors (Lipinski definition) is 0. The Morgan fingerprint density at radius 2 is 2.14 bits per heavy atom. The van der Waals surface area contributed by atoms with Crippen LogP contribution in [0.2, 0.25) is 0 Å². The van der Waals surface area contributed by atoms with Gasteiger partial charge in [-0.05, 0) is 43.7 Å². The van der Waals surface area contributed by atoms with Crippen LogP contribution in [-0.2, 0) is 11.8 Å². The molecule has 2 heterocycles. The summed E-state index contributed by atoms with van der Waals surface area (Å²) in [5.74, 6) is 0.432. The minimum absolute atomic E-state index is 0.122. The van der Waals surface area contributed by atoms with Gasteiger partial charge in [0.05, 0.1) is 6.10 Å². The molecule has 2 aliphatic rings. The molecule has 1 amide bonds. The third-order valence-corrected chi connectivity index (χ3v) is 4.79. The first kappa shape index (κ1) is 15.3. The average Bonchev–Trinajstić information content (AvgIpc) is 2.96. The molecule has 120 valence electrons. The highest BCUT2D eigenvalue weighted by Gasteiger charge is 2.29. The first-order chi connectivity index (χ1) is 10.6. The van der Waals surface area contributed by atoms with Crippen molar-refractivity contribution < 1.29 is 9.53 Å². The van der Waals surface area contributed by atoms with Crippen LogP contribution < -0.4 is 5.56 Å². The van der Waals surface area contributed by atoms with Crippen LogP contribution >= 0.6 is 0 Å². The van der Waals surface area contributed by atoms with Crippen LogP contribution in [0.3, 0.4) is 0 Å². The van der Waals surface area contributed by atoms with E-state index in [1.54, 1.807) is 25.4 Å². The zero-order valence-electron chi connectivity index (χ0n) is 13.2. The topological polar surface area (TPSA) is 51.5 Å².